The van der Waals surface area contributed by atoms with E-state index in [-0.39, 0.29) is 0 Å². The molecule has 0 amide bonds. The Bertz CT molecular complexity index is 638. The van der Waals surface area contributed by atoms with Crippen molar-refractivity contribution in [2.45, 2.75) is 32.6 Å². The summed E-state index contributed by atoms with van der Waals surface area (Å²) in [7, 11) is 0. The van der Waals surface area contributed by atoms with Crippen LogP contribution >= 0.6 is 0 Å². The largest absolute Gasteiger partial charge is 0.378 e. The second-order valence-electron chi connectivity index (χ2n) is 5.97. The summed E-state index contributed by atoms with van der Waals surface area (Å²) in [6.45, 7) is 6.02. The Morgan fingerprint density at radius 1 is 1.10 bits per heavy atom. The molecule has 2 aromatic heterocycles. The van der Waals surface area contributed by atoms with E-state index < -0.39 is 0 Å². The molecule has 0 saturated carbocycles. The van der Waals surface area contributed by atoms with Crippen LogP contribution in [0, 0.1) is 6.92 Å². The smallest absolute Gasteiger partial charge is 0.0720 e. The fraction of sp³-hybridized carbons (Fsp3) is 0.529. The van der Waals surface area contributed by atoms with Gasteiger partial charge in [0.15, 0.2) is 0 Å². The SMILES string of the molecule is Cc1c2c(n3cccc(N4CCOCC4)c13)CCCC2. The van der Waals surface area contributed by atoms with Gasteiger partial charge in [-0.1, -0.05) is 0 Å². The highest BCUT2D eigenvalue weighted by Crippen LogP contribution is 2.34. The number of anilines is 1. The predicted molar refractivity (Wildman–Crippen MR) is 81.8 cm³/mol. The summed E-state index contributed by atoms with van der Waals surface area (Å²) in [5, 5.41) is 0. The minimum atomic E-state index is 0.848. The van der Waals surface area contributed by atoms with Crippen molar-refractivity contribution >= 4 is 11.2 Å². The number of hydrogen-bond acceptors (Lipinski definition) is 2. The van der Waals surface area contributed by atoms with Gasteiger partial charge in [-0.25, -0.2) is 0 Å². The Labute approximate surface area is 120 Å². The van der Waals surface area contributed by atoms with E-state index >= 15 is 0 Å². The van der Waals surface area contributed by atoms with E-state index in [1.54, 1.807) is 11.3 Å². The first-order valence-corrected chi connectivity index (χ1v) is 7.80. The summed E-state index contributed by atoms with van der Waals surface area (Å²) >= 11 is 0. The Hall–Kier alpha value is -1.48. The Kier molecular flexibility index (Phi) is 2.95. The maximum absolute atomic E-state index is 5.50. The number of ether oxygens (including phenoxy) is 1. The van der Waals surface area contributed by atoms with Crippen LogP contribution in [0.3, 0.4) is 0 Å². The molecule has 106 valence electrons. The number of morpholine rings is 1. The van der Waals surface area contributed by atoms with Gasteiger partial charge in [0.1, 0.15) is 0 Å². The number of aromatic nitrogens is 1. The Morgan fingerprint density at radius 2 is 1.90 bits per heavy atom. The first kappa shape index (κ1) is 12.3. The second kappa shape index (κ2) is 4.81. The molecule has 3 nitrogen and oxygen atoms in total. The quantitative estimate of drug-likeness (QED) is 0.792. The van der Waals surface area contributed by atoms with Crippen LogP contribution in [0.4, 0.5) is 5.69 Å². The lowest BCUT2D eigenvalue weighted by Crippen LogP contribution is -2.36. The molecule has 2 aliphatic rings. The molecule has 1 fully saturated rings. The molecular weight excluding hydrogens is 248 g/mol. The van der Waals surface area contributed by atoms with Gasteiger partial charge in [-0.2, -0.15) is 0 Å². The zero-order chi connectivity index (χ0) is 13.5. The minimum Gasteiger partial charge on any atom is -0.378 e. The lowest BCUT2D eigenvalue weighted by molar-refractivity contribution is 0.123. The van der Waals surface area contributed by atoms with Gasteiger partial charge in [0.25, 0.3) is 0 Å². The maximum atomic E-state index is 5.50. The van der Waals surface area contributed by atoms with E-state index in [1.165, 1.54) is 42.5 Å². The highest BCUT2D eigenvalue weighted by molar-refractivity contribution is 5.79. The molecule has 4 rings (SSSR count). The third kappa shape index (κ3) is 1.76. The number of pyridine rings is 1. The molecule has 0 aromatic carbocycles. The van der Waals surface area contributed by atoms with E-state index in [9.17, 15) is 0 Å². The summed E-state index contributed by atoms with van der Waals surface area (Å²) in [4.78, 5) is 2.48. The molecule has 0 radical (unpaired) electrons. The zero-order valence-electron chi connectivity index (χ0n) is 12.2. The van der Waals surface area contributed by atoms with Crippen molar-refractivity contribution in [3.63, 3.8) is 0 Å². The Morgan fingerprint density at radius 3 is 2.75 bits per heavy atom. The van der Waals surface area contributed by atoms with E-state index in [2.05, 4.69) is 34.6 Å². The maximum Gasteiger partial charge on any atom is 0.0720 e. The fourth-order valence-electron chi connectivity index (χ4n) is 3.86. The van der Waals surface area contributed by atoms with Crippen LogP contribution in [0.15, 0.2) is 18.3 Å². The molecule has 0 unspecified atom stereocenters. The van der Waals surface area contributed by atoms with Crippen molar-refractivity contribution in [1.29, 1.82) is 0 Å². The molecule has 1 aliphatic carbocycles. The average Bonchev–Trinajstić information content (AvgIpc) is 2.82. The average molecular weight is 270 g/mol. The minimum absolute atomic E-state index is 0.848. The van der Waals surface area contributed by atoms with E-state index in [1.807, 2.05) is 0 Å². The molecule has 0 atom stereocenters. The first-order chi connectivity index (χ1) is 9.86. The van der Waals surface area contributed by atoms with Gasteiger partial charge in [-0.3, -0.25) is 0 Å². The molecule has 3 heteroatoms. The van der Waals surface area contributed by atoms with Gasteiger partial charge >= 0.3 is 0 Å². The van der Waals surface area contributed by atoms with Gasteiger partial charge in [-0.05, 0) is 55.9 Å². The molecule has 0 bridgehead atoms. The third-order valence-electron chi connectivity index (χ3n) is 4.86. The van der Waals surface area contributed by atoms with Crippen LogP contribution in [0.2, 0.25) is 0 Å². The van der Waals surface area contributed by atoms with Crippen molar-refractivity contribution in [3.05, 3.63) is 35.2 Å². The predicted octanol–water partition coefficient (Wildman–Crippen LogP) is 2.96. The summed E-state index contributed by atoms with van der Waals surface area (Å²) in [5.74, 6) is 0. The van der Waals surface area contributed by atoms with Crippen molar-refractivity contribution in [1.82, 2.24) is 4.40 Å². The molecule has 3 heterocycles. The van der Waals surface area contributed by atoms with Gasteiger partial charge in [0.2, 0.25) is 0 Å². The number of rotatable bonds is 1. The lowest BCUT2D eigenvalue weighted by Gasteiger charge is -2.29. The van der Waals surface area contributed by atoms with Crippen LogP contribution < -0.4 is 4.90 Å². The van der Waals surface area contributed by atoms with E-state index in [0.717, 1.165) is 26.3 Å². The van der Waals surface area contributed by atoms with Crippen LogP contribution in [0.1, 0.15) is 29.7 Å². The van der Waals surface area contributed by atoms with Crippen LogP contribution in [-0.4, -0.2) is 30.7 Å². The second-order valence-corrected chi connectivity index (χ2v) is 5.97. The van der Waals surface area contributed by atoms with Gasteiger partial charge in [0, 0.05) is 25.0 Å². The van der Waals surface area contributed by atoms with Crippen LogP contribution in [0.25, 0.3) is 5.52 Å². The summed E-state index contributed by atoms with van der Waals surface area (Å²) < 4.78 is 7.95. The summed E-state index contributed by atoms with van der Waals surface area (Å²) in [6, 6.07) is 4.48. The van der Waals surface area contributed by atoms with E-state index in [0.29, 0.717) is 0 Å². The topological polar surface area (TPSA) is 16.9 Å². The monoisotopic (exact) mass is 270 g/mol. The van der Waals surface area contributed by atoms with Crippen molar-refractivity contribution in [2.75, 3.05) is 31.2 Å². The third-order valence-corrected chi connectivity index (χ3v) is 4.86. The number of hydrogen-bond donors (Lipinski definition) is 0. The summed E-state index contributed by atoms with van der Waals surface area (Å²) in [6.07, 6.45) is 7.41. The first-order valence-electron chi connectivity index (χ1n) is 7.80. The molecule has 20 heavy (non-hydrogen) atoms. The molecular formula is C17H22N2O. The molecule has 1 saturated heterocycles. The highest BCUT2D eigenvalue weighted by Gasteiger charge is 2.22. The lowest BCUT2D eigenvalue weighted by atomic mass is 9.95. The van der Waals surface area contributed by atoms with Crippen molar-refractivity contribution in [2.24, 2.45) is 0 Å². The van der Waals surface area contributed by atoms with E-state index in [4.69, 9.17) is 4.74 Å². The van der Waals surface area contributed by atoms with Gasteiger partial charge < -0.3 is 14.0 Å². The van der Waals surface area contributed by atoms with Gasteiger partial charge in [0.05, 0.1) is 24.4 Å². The van der Waals surface area contributed by atoms with Crippen molar-refractivity contribution in [3.8, 4) is 0 Å². The number of aryl methyl sites for hydroxylation is 2. The molecule has 0 N–H and O–H groups in total. The fourth-order valence-corrected chi connectivity index (χ4v) is 3.86. The number of nitrogens with zero attached hydrogens (tertiary/aromatic N) is 2. The standard InChI is InChI=1S/C17H22N2O/c1-13-14-5-2-3-6-15(14)19-8-4-7-16(17(13)19)18-9-11-20-12-10-18/h4,7-8H,2-3,5-6,9-12H2,1H3. The number of fused-ring (bicyclic) bond motifs is 3. The van der Waals surface area contributed by atoms with Gasteiger partial charge in [-0.15, -0.1) is 0 Å². The highest BCUT2D eigenvalue weighted by atomic mass is 16.5. The van der Waals surface area contributed by atoms with Crippen molar-refractivity contribution < 1.29 is 4.74 Å². The Balaban J connectivity index is 1.91. The van der Waals surface area contributed by atoms with Crippen LogP contribution in [0.5, 0.6) is 0 Å². The van der Waals surface area contributed by atoms with Crippen LogP contribution in [-0.2, 0) is 17.6 Å². The zero-order valence-corrected chi connectivity index (χ0v) is 12.2. The molecule has 1 aliphatic heterocycles. The summed E-state index contributed by atoms with van der Waals surface area (Å²) in [5.41, 5.74) is 7.49. The molecule has 2 aromatic rings. The molecule has 0 spiro atoms. The normalized spacial score (nSPS) is 19.4.